The SMILES string of the molecule is CN1CCCCC2(CN(C(=O)C3CCC3)CCO2)C1=O. The van der Waals surface area contributed by atoms with Crippen molar-refractivity contribution < 1.29 is 14.3 Å². The lowest BCUT2D eigenvalue weighted by Gasteiger charge is -2.43. The second kappa shape index (κ2) is 5.35. The molecule has 1 unspecified atom stereocenters. The summed E-state index contributed by atoms with van der Waals surface area (Å²) in [4.78, 5) is 28.7. The van der Waals surface area contributed by atoms with Crippen LogP contribution in [0, 0.1) is 5.92 Å². The number of hydrogen-bond acceptors (Lipinski definition) is 3. The number of amides is 2. The van der Waals surface area contributed by atoms with E-state index < -0.39 is 5.60 Å². The van der Waals surface area contributed by atoms with E-state index in [-0.39, 0.29) is 17.7 Å². The third-order valence-electron chi connectivity index (χ3n) is 5.01. The Hall–Kier alpha value is -1.10. The fourth-order valence-electron chi connectivity index (χ4n) is 3.48. The summed E-state index contributed by atoms with van der Waals surface area (Å²) in [6, 6.07) is 0. The molecule has 112 valence electrons. The maximum atomic E-state index is 12.6. The predicted molar refractivity (Wildman–Crippen MR) is 74.1 cm³/mol. The first-order chi connectivity index (χ1) is 9.62. The van der Waals surface area contributed by atoms with Crippen molar-refractivity contribution in [1.82, 2.24) is 9.80 Å². The van der Waals surface area contributed by atoms with Gasteiger partial charge in [0.15, 0.2) is 5.60 Å². The second-order valence-electron chi connectivity index (χ2n) is 6.41. The van der Waals surface area contributed by atoms with E-state index in [1.54, 1.807) is 4.90 Å². The number of likely N-dealkylation sites (N-methyl/N-ethyl adjacent to an activating group) is 1. The molecule has 20 heavy (non-hydrogen) atoms. The second-order valence-corrected chi connectivity index (χ2v) is 6.41. The highest BCUT2D eigenvalue weighted by atomic mass is 16.5. The first-order valence-electron chi connectivity index (χ1n) is 7.81. The lowest BCUT2D eigenvalue weighted by molar-refractivity contribution is -0.175. The van der Waals surface area contributed by atoms with Gasteiger partial charge in [-0.15, -0.1) is 0 Å². The van der Waals surface area contributed by atoms with Crippen LogP contribution in [-0.4, -0.2) is 60.5 Å². The van der Waals surface area contributed by atoms with Gasteiger partial charge >= 0.3 is 0 Å². The van der Waals surface area contributed by atoms with Crippen molar-refractivity contribution in [2.45, 2.75) is 44.1 Å². The number of carbonyl (C=O) groups excluding carboxylic acids is 2. The maximum Gasteiger partial charge on any atom is 0.256 e. The number of nitrogens with zero attached hydrogens (tertiary/aromatic N) is 2. The van der Waals surface area contributed by atoms with Gasteiger partial charge in [0.25, 0.3) is 5.91 Å². The molecule has 1 atom stereocenters. The van der Waals surface area contributed by atoms with E-state index in [0.29, 0.717) is 19.7 Å². The predicted octanol–water partition coefficient (Wildman–Crippen LogP) is 1.03. The zero-order valence-corrected chi connectivity index (χ0v) is 12.3. The van der Waals surface area contributed by atoms with Crippen LogP contribution >= 0.6 is 0 Å². The van der Waals surface area contributed by atoms with Crippen molar-refractivity contribution in [3.63, 3.8) is 0 Å². The molecule has 1 spiro atoms. The van der Waals surface area contributed by atoms with Crippen LogP contribution in [0.15, 0.2) is 0 Å². The van der Waals surface area contributed by atoms with E-state index >= 15 is 0 Å². The lowest BCUT2D eigenvalue weighted by atomic mass is 9.83. The number of morpholine rings is 1. The highest BCUT2D eigenvalue weighted by molar-refractivity contribution is 5.87. The van der Waals surface area contributed by atoms with Crippen molar-refractivity contribution in [2.75, 3.05) is 33.3 Å². The van der Waals surface area contributed by atoms with Crippen LogP contribution < -0.4 is 0 Å². The average molecular weight is 280 g/mol. The Balaban J connectivity index is 1.75. The zero-order valence-electron chi connectivity index (χ0n) is 12.3. The molecule has 3 rings (SSSR count). The molecule has 0 aromatic rings. The van der Waals surface area contributed by atoms with Gasteiger partial charge in [-0.25, -0.2) is 0 Å². The minimum absolute atomic E-state index is 0.0566. The number of carbonyl (C=O) groups is 2. The molecule has 2 aliphatic heterocycles. The Morgan fingerprint density at radius 1 is 1.25 bits per heavy atom. The van der Waals surface area contributed by atoms with Crippen molar-refractivity contribution in [3.05, 3.63) is 0 Å². The van der Waals surface area contributed by atoms with Crippen LogP contribution in [0.2, 0.25) is 0 Å². The fourth-order valence-corrected chi connectivity index (χ4v) is 3.48. The minimum Gasteiger partial charge on any atom is -0.361 e. The molecular formula is C15H24N2O3. The van der Waals surface area contributed by atoms with Crippen LogP contribution in [-0.2, 0) is 14.3 Å². The molecule has 5 nitrogen and oxygen atoms in total. The average Bonchev–Trinajstić information content (AvgIpc) is 2.52. The van der Waals surface area contributed by atoms with Crippen LogP contribution in [0.3, 0.4) is 0 Å². The van der Waals surface area contributed by atoms with Gasteiger partial charge in [0.2, 0.25) is 5.91 Å². The smallest absolute Gasteiger partial charge is 0.256 e. The molecule has 0 N–H and O–H groups in total. The molecule has 2 saturated heterocycles. The third kappa shape index (κ3) is 2.32. The first-order valence-corrected chi connectivity index (χ1v) is 7.81. The summed E-state index contributed by atoms with van der Waals surface area (Å²) in [6.07, 6.45) is 5.93. The van der Waals surface area contributed by atoms with Crippen LogP contribution in [0.25, 0.3) is 0 Å². The summed E-state index contributed by atoms with van der Waals surface area (Å²) in [5.74, 6) is 0.489. The molecule has 3 fully saturated rings. The monoisotopic (exact) mass is 280 g/mol. The Labute approximate surface area is 120 Å². The summed E-state index contributed by atoms with van der Waals surface area (Å²) < 4.78 is 5.90. The van der Waals surface area contributed by atoms with Gasteiger partial charge < -0.3 is 14.5 Å². The minimum atomic E-state index is -0.775. The zero-order chi connectivity index (χ0) is 14.2. The standard InChI is InChI=1S/C15H24N2O3/c1-16-8-3-2-7-15(14(16)19)11-17(9-10-20-15)13(18)12-5-4-6-12/h12H,2-11H2,1H3. The molecule has 0 aromatic carbocycles. The highest BCUT2D eigenvalue weighted by Gasteiger charge is 2.47. The van der Waals surface area contributed by atoms with E-state index in [1.807, 2.05) is 11.9 Å². The number of ether oxygens (including phenoxy) is 1. The Morgan fingerprint density at radius 3 is 2.75 bits per heavy atom. The number of hydrogen-bond donors (Lipinski definition) is 0. The quantitative estimate of drug-likeness (QED) is 0.721. The molecule has 2 amide bonds. The van der Waals surface area contributed by atoms with E-state index in [1.165, 1.54) is 0 Å². The molecular weight excluding hydrogens is 256 g/mol. The van der Waals surface area contributed by atoms with E-state index in [2.05, 4.69) is 0 Å². The Kier molecular flexibility index (Phi) is 3.71. The number of rotatable bonds is 1. The topological polar surface area (TPSA) is 49.9 Å². The molecule has 0 aromatic heterocycles. The Morgan fingerprint density at radius 2 is 2.05 bits per heavy atom. The highest BCUT2D eigenvalue weighted by Crippen LogP contribution is 2.33. The number of likely N-dealkylation sites (tertiary alicyclic amines) is 1. The van der Waals surface area contributed by atoms with Gasteiger partial charge in [0.1, 0.15) is 0 Å². The van der Waals surface area contributed by atoms with Gasteiger partial charge in [0, 0.05) is 26.1 Å². The van der Waals surface area contributed by atoms with Gasteiger partial charge in [-0.2, -0.15) is 0 Å². The molecule has 1 saturated carbocycles. The lowest BCUT2D eigenvalue weighted by Crippen LogP contribution is -2.61. The van der Waals surface area contributed by atoms with Crippen molar-refractivity contribution in [3.8, 4) is 0 Å². The van der Waals surface area contributed by atoms with Gasteiger partial charge in [-0.3, -0.25) is 9.59 Å². The molecule has 0 radical (unpaired) electrons. The summed E-state index contributed by atoms with van der Waals surface area (Å²) in [5.41, 5.74) is -0.775. The molecule has 0 bridgehead atoms. The van der Waals surface area contributed by atoms with Crippen LogP contribution in [0.4, 0.5) is 0 Å². The van der Waals surface area contributed by atoms with Crippen LogP contribution in [0.1, 0.15) is 38.5 Å². The molecule has 2 heterocycles. The van der Waals surface area contributed by atoms with Crippen molar-refractivity contribution in [1.29, 1.82) is 0 Å². The largest absolute Gasteiger partial charge is 0.361 e. The summed E-state index contributed by atoms with van der Waals surface area (Å²) in [6.45, 7) is 2.36. The van der Waals surface area contributed by atoms with Crippen molar-refractivity contribution in [2.24, 2.45) is 5.92 Å². The van der Waals surface area contributed by atoms with Gasteiger partial charge in [-0.1, -0.05) is 6.42 Å². The first kappa shape index (κ1) is 13.9. The third-order valence-corrected chi connectivity index (χ3v) is 5.01. The van der Waals surface area contributed by atoms with E-state index in [0.717, 1.165) is 45.1 Å². The van der Waals surface area contributed by atoms with E-state index in [4.69, 9.17) is 4.74 Å². The summed E-state index contributed by atoms with van der Waals surface area (Å²) in [5, 5.41) is 0. The summed E-state index contributed by atoms with van der Waals surface area (Å²) >= 11 is 0. The van der Waals surface area contributed by atoms with Gasteiger partial charge in [0.05, 0.1) is 13.2 Å². The van der Waals surface area contributed by atoms with Crippen molar-refractivity contribution >= 4 is 11.8 Å². The van der Waals surface area contributed by atoms with Crippen LogP contribution in [0.5, 0.6) is 0 Å². The summed E-state index contributed by atoms with van der Waals surface area (Å²) in [7, 11) is 1.84. The normalized spacial score (nSPS) is 32.1. The fraction of sp³-hybridized carbons (Fsp3) is 0.867. The van der Waals surface area contributed by atoms with E-state index in [9.17, 15) is 9.59 Å². The molecule has 3 aliphatic rings. The van der Waals surface area contributed by atoms with Gasteiger partial charge in [-0.05, 0) is 32.1 Å². The Bertz CT molecular complexity index is 408. The maximum absolute atomic E-state index is 12.6. The molecule has 5 heteroatoms. The molecule has 1 aliphatic carbocycles.